The van der Waals surface area contributed by atoms with Crippen molar-refractivity contribution in [2.75, 3.05) is 19.5 Å². The third-order valence-corrected chi connectivity index (χ3v) is 4.72. The van der Waals surface area contributed by atoms with Gasteiger partial charge >= 0.3 is 7.82 Å². The molecular formula is C12H17N4O7P. The monoisotopic (exact) mass is 360 g/mol. The molecule has 1 aliphatic rings. The van der Waals surface area contributed by atoms with E-state index in [2.05, 4.69) is 14.5 Å². The molecule has 1 unspecified atom stereocenters. The molecule has 24 heavy (non-hydrogen) atoms. The molecule has 0 spiro atoms. The van der Waals surface area contributed by atoms with Crippen molar-refractivity contribution in [3.8, 4) is 0 Å². The summed E-state index contributed by atoms with van der Waals surface area (Å²) in [5.74, 6) is 0.271. The number of fused-ring (bicyclic) bond motifs is 1. The number of nitrogens with two attached hydrogens (primary N) is 1. The number of nitrogens with zero attached hydrogens (tertiary/aromatic N) is 3. The maximum atomic E-state index is 11.3. The smallest absolute Gasteiger partial charge is 0.387 e. The lowest BCUT2D eigenvalue weighted by atomic mass is 10.1. The second-order valence-electron chi connectivity index (χ2n) is 5.21. The molecule has 3 heterocycles. The number of aliphatic hydroxyl groups is 2. The number of hydrogen-bond acceptors (Lipinski definition) is 9. The fourth-order valence-corrected chi connectivity index (χ4v) is 2.95. The largest absolute Gasteiger partial charge is 0.472 e. The van der Waals surface area contributed by atoms with Gasteiger partial charge in [0.05, 0.1) is 12.0 Å². The number of ether oxygens (including phenoxy) is 1. The molecule has 0 amide bonds. The minimum atomic E-state index is -4.21. The number of phosphoric ester groups is 1. The molecule has 0 radical (unpaired) electrons. The molecule has 5 atom stereocenters. The standard InChI is InChI=1S/C12H17N4O7P/c1-21-24(19,20)22-4-7-8(17)9(18)12(23-7)16-3-2-6-10(13)14-5-15-11(6)16/h2-3,5,7-9,12,17-18H,4H2,1H3,(H,19,20)(H2,13,14,15)/t7-,8-,9-,12-/m0/s1. The van der Waals surface area contributed by atoms with Crippen molar-refractivity contribution in [3.63, 3.8) is 0 Å². The molecule has 132 valence electrons. The van der Waals surface area contributed by atoms with Gasteiger partial charge in [-0.05, 0) is 6.07 Å². The summed E-state index contributed by atoms with van der Waals surface area (Å²) >= 11 is 0. The first-order chi connectivity index (χ1) is 11.3. The van der Waals surface area contributed by atoms with Crippen LogP contribution in [0.2, 0.25) is 0 Å². The Morgan fingerprint density at radius 3 is 2.88 bits per heavy atom. The maximum Gasteiger partial charge on any atom is 0.472 e. The van der Waals surface area contributed by atoms with Gasteiger partial charge in [0.2, 0.25) is 0 Å². The summed E-state index contributed by atoms with van der Waals surface area (Å²) in [4.78, 5) is 17.2. The van der Waals surface area contributed by atoms with Crippen LogP contribution in [0.15, 0.2) is 18.6 Å². The molecule has 2 aromatic rings. The lowest BCUT2D eigenvalue weighted by Crippen LogP contribution is -2.33. The third kappa shape index (κ3) is 3.03. The summed E-state index contributed by atoms with van der Waals surface area (Å²) < 4.78 is 27.4. The second kappa shape index (κ2) is 6.37. The number of aliphatic hydroxyl groups excluding tert-OH is 2. The summed E-state index contributed by atoms with van der Waals surface area (Å²) in [6.07, 6.45) is -1.77. The number of phosphoric acid groups is 1. The van der Waals surface area contributed by atoms with Gasteiger partial charge in [0, 0.05) is 13.3 Å². The summed E-state index contributed by atoms with van der Waals surface area (Å²) in [6.45, 7) is -0.438. The van der Waals surface area contributed by atoms with Crippen LogP contribution < -0.4 is 5.73 Å². The molecule has 0 bridgehead atoms. The number of anilines is 1. The molecule has 1 saturated heterocycles. The Hall–Kier alpha value is -1.59. The lowest BCUT2D eigenvalue weighted by molar-refractivity contribution is -0.0506. The normalized spacial score (nSPS) is 29.8. The van der Waals surface area contributed by atoms with E-state index in [1.165, 1.54) is 10.9 Å². The quantitative estimate of drug-likeness (QED) is 0.506. The van der Waals surface area contributed by atoms with Crippen LogP contribution in [0.3, 0.4) is 0 Å². The van der Waals surface area contributed by atoms with E-state index < -0.39 is 39.0 Å². The van der Waals surface area contributed by atoms with Gasteiger partial charge in [-0.15, -0.1) is 0 Å². The lowest BCUT2D eigenvalue weighted by Gasteiger charge is -2.17. The first-order valence-electron chi connectivity index (χ1n) is 6.95. The molecule has 0 saturated carbocycles. The van der Waals surface area contributed by atoms with E-state index in [0.717, 1.165) is 7.11 Å². The molecule has 1 fully saturated rings. The molecule has 1 aliphatic heterocycles. The number of rotatable bonds is 5. The van der Waals surface area contributed by atoms with Crippen molar-refractivity contribution < 1.29 is 33.5 Å². The first-order valence-corrected chi connectivity index (χ1v) is 8.45. The fourth-order valence-electron chi connectivity index (χ4n) is 2.51. The van der Waals surface area contributed by atoms with Crippen LogP contribution in [0.1, 0.15) is 6.23 Å². The average molecular weight is 360 g/mol. The van der Waals surface area contributed by atoms with E-state index in [-0.39, 0.29) is 5.82 Å². The Kier molecular flexibility index (Phi) is 4.58. The zero-order valence-electron chi connectivity index (χ0n) is 12.6. The van der Waals surface area contributed by atoms with E-state index >= 15 is 0 Å². The molecule has 3 rings (SSSR count). The van der Waals surface area contributed by atoms with Crippen molar-refractivity contribution in [1.29, 1.82) is 0 Å². The van der Waals surface area contributed by atoms with E-state index in [0.29, 0.717) is 11.0 Å². The Morgan fingerprint density at radius 2 is 2.17 bits per heavy atom. The van der Waals surface area contributed by atoms with E-state index in [1.54, 1.807) is 12.3 Å². The van der Waals surface area contributed by atoms with Crippen molar-refractivity contribution in [2.24, 2.45) is 0 Å². The van der Waals surface area contributed by atoms with Crippen molar-refractivity contribution in [2.45, 2.75) is 24.5 Å². The highest BCUT2D eigenvalue weighted by atomic mass is 31.2. The van der Waals surface area contributed by atoms with Gasteiger partial charge in [0.25, 0.3) is 0 Å². The molecule has 11 nitrogen and oxygen atoms in total. The minimum Gasteiger partial charge on any atom is -0.387 e. The minimum absolute atomic E-state index is 0.271. The van der Waals surface area contributed by atoms with Crippen LogP contribution in [0.5, 0.6) is 0 Å². The highest BCUT2D eigenvalue weighted by Crippen LogP contribution is 2.43. The van der Waals surface area contributed by atoms with E-state index in [4.69, 9.17) is 15.0 Å². The Balaban J connectivity index is 1.82. The van der Waals surface area contributed by atoms with E-state index in [9.17, 15) is 19.7 Å². The van der Waals surface area contributed by atoms with Crippen molar-refractivity contribution in [3.05, 3.63) is 18.6 Å². The number of aromatic nitrogens is 3. The van der Waals surface area contributed by atoms with Gasteiger partial charge in [-0.25, -0.2) is 14.5 Å². The zero-order valence-corrected chi connectivity index (χ0v) is 13.5. The molecule has 0 aliphatic carbocycles. The van der Waals surface area contributed by atoms with Gasteiger partial charge in [-0.1, -0.05) is 0 Å². The van der Waals surface area contributed by atoms with Crippen LogP contribution in [-0.2, 0) is 18.3 Å². The highest BCUT2D eigenvalue weighted by Gasteiger charge is 2.45. The Morgan fingerprint density at radius 1 is 1.42 bits per heavy atom. The van der Waals surface area contributed by atoms with E-state index in [1.807, 2.05) is 0 Å². The van der Waals surface area contributed by atoms with Gasteiger partial charge < -0.3 is 30.1 Å². The molecule has 0 aromatic carbocycles. The van der Waals surface area contributed by atoms with Gasteiger partial charge in [-0.3, -0.25) is 9.05 Å². The van der Waals surface area contributed by atoms with Crippen molar-refractivity contribution >= 4 is 24.7 Å². The third-order valence-electron chi connectivity index (χ3n) is 3.78. The Bertz CT molecular complexity index is 784. The van der Waals surface area contributed by atoms with Crippen LogP contribution in [-0.4, -0.2) is 61.7 Å². The second-order valence-corrected chi connectivity index (χ2v) is 6.77. The predicted octanol–water partition coefficient (Wildman–Crippen LogP) is -0.604. The number of hydrogen-bond donors (Lipinski definition) is 4. The number of nitrogen functional groups attached to an aromatic ring is 1. The van der Waals surface area contributed by atoms with Gasteiger partial charge in [-0.2, -0.15) is 0 Å². The molecule has 12 heteroatoms. The van der Waals surface area contributed by atoms with Crippen LogP contribution in [0.25, 0.3) is 11.0 Å². The summed E-state index contributed by atoms with van der Waals surface area (Å²) in [7, 11) is -3.20. The first kappa shape index (κ1) is 17.2. The summed E-state index contributed by atoms with van der Waals surface area (Å²) in [5.41, 5.74) is 6.18. The summed E-state index contributed by atoms with van der Waals surface area (Å²) in [6, 6.07) is 1.66. The van der Waals surface area contributed by atoms with Crippen LogP contribution >= 0.6 is 7.82 Å². The Labute approximate surface area is 136 Å². The molecular weight excluding hydrogens is 343 g/mol. The zero-order chi connectivity index (χ0) is 17.5. The average Bonchev–Trinajstić information content (AvgIpc) is 3.10. The predicted molar refractivity (Wildman–Crippen MR) is 80.7 cm³/mol. The SMILES string of the molecule is COP(=O)(O)OC[C@@H]1O[C@H](n2ccc3c(N)ncnc32)[C@@H](O)[C@H]1O. The van der Waals surface area contributed by atoms with Crippen LogP contribution in [0.4, 0.5) is 5.82 Å². The topological polar surface area (TPSA) is 162 Å². The van der Waals surface area contributed by atoms with Gasteiger partial charge in [0.15, 0.2) is 6.23 Å². The maximum absolute atomic E-state index is 11.3. The van der Waals surface area contributed by atoms with Gasteiger partial charge in [0.1, 0.15) is 36.1 Å². The highest BCUT2D eigenvalue weighted by molar-refractivity contribution is 7.47. The van der Waals surface area contributed by atoms with Crippen LogP contribution in [0, 0.1) is 0 Å². The fraction of sp³-hybridized carbons (Fsp3) is 0.500. The molecule has 5 N–H and O–H groups in total. The van der Waals surface area contributed by atoms with Crippen molar-refractivity contribution in [1.82, 2.24) is 14.5 Å². The molecule has 2 aromatic heterocycles. The summed E-state index contributed by atoms with van der Waals surface area (Å²) in [5, 5.41) is 20.9.